The van der Waals surface area contributed by atoms with Crippen LogP contribution in [0, 0.1) is 24.5 Å². The van der Waals surface area contributed by atoms with E-state index in [1.165, 1.54) is 4.90 Å². The van der Waals surface area contributed by atoms with Crippen LogP contribution in [0.3, 0.4) is 0 Å². The number of nitrogens with one attached hydrogen (secondary N) is 1. The third-order valence-electron chi connectivity index (χ3n) is 4.38. The zero-order valence-corrected chi connectivity index (χ0v) is 15.1. The van der Waals surface area contributed by atoms with E-state index in [1.807, 2.05) is 24.4 Å². The molecule has 1 N–H and O–H groups in total. The highest BCUT2D eigenvalue weighted by molar-refractivity contribution is 6.00. The zero-order chi connectivity index (χ0) is 20.3. The molecular weight excluding hydrogens is 370 g/mol. The van der Waals surface area contributed by atoms with E-state index in [0.29, 0.717) is 5.69 Å². The van der Waals surface area contributed by atoms with Crippen molar-refractivity contribution in [1.82, 2.24) is 0 Å². The summed E-state index contributed by atoms with van der Waals surface area (Å²) in [5.41, 5.74) is 1.12. The van der Waals surface area contributed by atoms with Crippen molar-refractivity contribution in [2.24, 2.45) is 5.92 Å². The number of hydrogen-bond acceptors (Lipinski definition) is 4. The average Bonchev–Trinajstić information content (AvgIpc) is 3.05. The van der Waals surface area contributed by atoms with Gasteiger partial charge in [-0.3, -0.25) is 14.4 Å². The summed E-state index contributed by atoms with van der Waals surface area (Å²) < 4.78 is 32.0. The first-order valence-corrected chi connectivity index (χ1v) is 8.62. The Morgan fingerprint density at radius 2 is 1.79 bits per heavy atom. The second-order valence-electron chi connectivity index (χ2n) is 6.49. The lowest BCUT2D eigenvalue weighted by Gasteiger charge is -2.16. The smallest absolute Gasteiger partial charge is 0.311 e. The predicted octanol–water partition coefficient (Wildman–Crippen LogP) is 2.81. The fourth-order valence-corrected chi connectivity index (χ4v) is 2.89. The third kappa shape index (κ3) is 4.33. The van der Waals surface area contributed by atoms with Gasteiger partial charge in [-0.1, -0.05) is 23.8 Å². The monoisotopic (exact) mass is 388 g/mol. The third-order valence-corrected chi connectivity index (χ3v) is 4.38. The van der Waals surface area contributed by atoms with Gasteiger partial charge in [0.1, 0.15) is 17.3 Å². The van der Waals surface area contributed by atoms with Gasteiger partial charge in [-0.15, -0.1) is 0 Å². The lowest BCUT2D eigenvalue weighted by atomic mass is 10.1. The molecule has 8 heteroatoms. The summed E-state index contributed by atoms with van der Waals surface area (Å²) in [5, 5.41) is 2.03. The normalized spacial score (nSPS) is 16.2. The molecule has 28 heavy (non-hydrogen) atoms. The highest BCUT2D eigenvalue weighted by Crippen LogP contribution is 2.26. The molecule has 146 valence electrons. The fraction of sp³-hybridized carbons (Fsp3) is 0.250. The summed E-state index contributed by atoms with van der Waals surface area (Å²) in [4.78, 5) is 37.7. The predicted molar refractivity (Wildman–Crippen MR) is 97.6 cm³/mol. The van der Waals surface area contributed by atoms with Crippen molar-refractivity contribution in [3.8, 4) is 0 Å². The molecule has 2 amide bonds. The number of halogens is 2. The van der Waals surface area contributed by atoms with E-state index < -0.39 is 41.7 Å². The number of para-hydroxylation sites is 1. The molecule has 1 fully saturated rings. The molecule has 6 nitrogen and oxygen atoms in total. The van der Waals surface area contributed by atoms with Gasteiger partial charge in [0.25, 0.3) is 5.91 Å². The van der Waals surface area contributed by atoms with Crippen molar-refractivity contribution in [2.75, 3.05) is 23.4 Å². The maximum Gasteiger partial charge on any atom is 0.311 e. The second-order valence-corrected chi connectivity index (χ2v) is 6.49. The molecule has 0 saturated carbocycles. The van der Waals surface area contributed by atoms with Crippen LogP contribution in [0.4, 0.5) is 20.2 Å². The largest absolute Gasteiger partial charge is 0.455 e. The van der Waals surface area contributed by atoms with Gasteiger partial charge < -0.3 is 15.0 Å². The Kier molecular flexibility index (Phi) is 5.67. The van der Waals surface area contributed by atoms with Crippen molar-refractivity contribution >= 4 is 29.2 Å². The molecule has 3 rings (SSSR count). The number of carbonyl (C=O) groups is 3. The van der Waals surface area contributed by atoms with Crippen LogP contribution < -0.4 is 10.2 Å². The Bertz CT molecular complexity index is 895. The minimum atomic E-state index is -0.935. The summed E-state index contributed by atoms with van der Waals surface area (Å²) >= 11 is 0. The molecule has 0 aromatic heterocycles. The molecule has 1 saturated heterocycles. The van der Waals surface area contributed by atoms with Crippen LogP contribution >= 0.6 is 0 Å². The summed E-state index contributed by atoms with van der Waals surface area (Å²) in [7, 11) is 0. The highest BCUT2D eigenvalue weighted by atomic mass is 19.1. The van der Waals surface area contributed by atoms with Gasteiger partial charge in [-0.2, -0.15) is 0 Å². The molecule has 0 bridgehead atoms. The zero-order valence-electron chi connectivity index (χ0n) is 15.1. The standard InChI is InChI=1S/C20H18F2N2O4/c1-12-5-7-14(8-6-12)24-10-13(9-18(24)26)20(27)28-11-17(25)23-19-15(21)3-2-4-16(19)22/h2-8,13H,9-11H2,1H3,(H,23,25)/t13-/m0/s1. The number of esters is 1. The molecule has 1 atom stereocenters. The van der Waals surface area contributed by atoms with E-state index in [1.54, 1.807) is 12.1 Å². The minimum absolute atomic E-state index is 0.0315. The van der Waals surface area contributed by atoms with Crippen molar-refractivity contribution in [3.05, 3.63) is 59.7 Å². The molecule has 0 aliphatic carbocycles. The number of ether oxygens (including phenoxy) is 1. The summed E-state index contributed by atoms with van der Waals surface area (Å²) in [5.74, 6) is -4.40. The quantitative estimate of drug-likeness (QED) is 0.800. The fourth-order valence-electron chi connectivity index (χ4n) is 2.89. The number of hydrogen-bond donors (Lipinski definition) is 1. The lowest BCUT2D eigenvalue weighted by Crippen LogP contribution is -2.28. The van der Waals surface area contributed by atoms with Crippen molar-refractivity contribution in [1.29, 1.82) is 0 Å². The van der Waals surface area contributed by atoms with E-state index in [9.17, 15) is 23.2 Å². The first-order chi connectivity index (χ1) is 13.3. The van der Waals surface area contributed by atoms with E-state index in [2.05, 4.69) is 0 Å². The molecule has 2 aromatic rings. The molecule has 2 aromatic carbocycles. The van der Waals surface area contributed by atoms with Crippen LogP contribution in [0.25, 0.3) is 0 Å². The first kappa shape index (κ1) is 19.5. The Hall–Kier alpha value is -3.29. The van der Waals surface area contributed by atoms with Crippen LogP contribution in [0.15, 0.2) is 42.5 Å². The minimum Gasteiger partial charge on any atom is -0.455 e. The Balaban J connectivity index is 1.54. The molecule has 0 radical (unpaired) electrons. The molecule has 0 unspecified atom stereocenters. The Morgan fingerprint density at radius 1 is 1.14 bits per heavy atom. The van der Waals surface area contributed by atoms with Gasteiger partial charge in [0.15, 0.2) is 6.61 Å². The van der Waals surface area contributed by atoms with Gasteiger partial charge in [-0.05, 0) is 31.2 Å². The van der Waals surface area contributed by atoms with Gasteiger partial charge in [0.05, 0.1) is 5.92 Å². The Morgan fingerprint density at radius 3 is 2.43 bits per heavy atom. The summed E-state index contributed by atoms with van der Waals surface area (Å²) in [6.07, 6.45) is -0.0315. The van der Waals surface area contributed by atoms with E-state index in [-0.39, 0.29) is 18.9 Å². The van der Waals surface area contributed by atoms with Crippen molar-refractivity contribution < 1.29 is 27.9 Å². The number of aryl methyl sites for hydroxylation is 1. The van der Waals surface area contributed by atoms with Crippen LogP contribution in [-0.2, 0) is 19.1 Å². The van der Waals surface area contributed by atoms with Crippen molar-refractivity contribution in [3.63, 3.8) is 0 Å². The average molecular weight is 388 g/mol. The van der Waals surface area contributed by atoms with E-state index in [0.717, 1.165) is 23.8 Å². The molecule has 0 spiro atoms. The number of carbonyl (C=O) groups excluding carboxylic acids is 3. The van der Waals surface area contributed by atoms with Crippen LogP contribution in [0.1, 0.15) is 12.0 Å². The lowest BCUT2D eigenvalue weighted by molar-refractivity contribution is -0.151. The van der Waals surface area contributed by atoms with E-state index in [4.69, 9.17) is 4.74 Å². The maximum atomic E-state index is 13.5. The van der Waals surface area contributed by atoms with Crippen LogP contribution in [0.2, 0.25) is 0 Å². The Labute approximate surface area is 160 Å². The molecule has 1 aliphatic rings. The topological polar surface area (TPSA) is 75.7 Å². The first-order valence-electron chi connectivity index (χ1n) is 8.62. The van der Waals surface area contributed by atoms with Crippen molar-refractivity contribution in [2.45, 2.75) is 13.3 Å². The van der Waals surface area contributed by atoms with Crippen LogP contribution in [-0.4, -0.2) is 30.9 Å². The number of anilines is 2. The highest BCUT2D eigenvalue weighted by Gasteiger charge is 2.36. The molecule has 1 aliphatic heterocycles. The maximum absolute atomic E-state index is 13.5. The van der Waals surface area contributed by atoms with Crippen LogP contribution in [0.5, 0.6) is 0 Å². The molecular formula is C20H18F2N2O4. The van der Waals surface area contributed by atoms with E-state index >= 15 is 0 Å². The second kappa shape index (κ2) is 8.16. The number of rotatable bonds is 5. The van der Waals surface area contributed by atoms with Gasteiger partial charge in [0, 0.05) is 18.7 Å². The summed E-state index contributed by atoms with van der Waals surface area (Å²) in [6.45, 7) is 1.36. The number of benzene rings is 2. The summed E-state index contributed by atoms with van der Waals surface area (Å²) in [6, 6.07) is 10.5. The van der Waals surface area contributed by atoms with Gasteiger partial charge in [-0.25, -0.2) is 8.78 Å². The number of amides is 2. The molecule has 1 heterocycles. The van der Waals surface area contributed by atoms with Gasteiger partial charge in [0.2, 0.25) is 5.91 Å². The number of nitrogens with zero attached hydrogens (tertiary/aromatic N) is 1. The van der Waals surface area contributed by atoms with Gasteiger partial charge >= 0.3 is 5.97 Å². The SMILES string of the molecule is Cc1ccc(N2C[C@@H](C(=O)OCC(=O)Nc3c(F)cccc3F)CC2=O)cc1.